The Morgan fingerprint density at radius 1 is 1.29 bits per heavy atom. The highest BCUT2D eigenvalue weighted by molar-refractivity contribution is 4.91. The summed E-state index contributed by atoms with van der Waals surface area (Å²) in [5.41, 5.74) is 0.390. The Balaban J connectivity index is 2.49. The van der Waals surface area contributed by atoms with E-state index in [1.165, 1.54) is 6.42 Å². The van der Waals surface area contributed by atoms with Crippen LogP contribution >= 0.6 is 0 Å². The van der Waals surface area contributed by atoms with E-state index in [4.69, 9.17) is 0 Å². The first-order valence-electron chi connectivity index (χ1n) is 5.90. The minimum Gasteiger partial charge on any atom is -0.316 e. The molecule has 0 aromatic rings. The normalized spacial score (nSPS) is 29.1. The molecule has 2 atom stereocenters. The van der Waals surface area contributed by atoms with E-state index >= 15 is 0 Å². The van der Waals surface area contributed by atoms with Crippen molar-refractivity contribution in [2.45, 2.75) is 53.1 Å². The van der Waals surface area contributed by atoms with E-state index in [0.29, 0.717) is 17.5 Å². The third-order valence-corrected chi connectivity index (χ3v) is 3.60. The molecule has 2 unspecified atom stereocenters. The van der Waals surface area contributed by atoms with Crippen LogP contribution in [0.3, 0.4) is 0 Å². The maximum Gasteiger partial charge on any atom is 0.0145 e. The molecule has 0 amide bonds. The Bertz CT molecular complexity index is 175. The first-order chi connectivity index (χ1) is 6.43. The van der Waals surface area contributed by atoms with Crippen LogP contribution in [-0.4, -0.2) is 25.2 Å². The molecule has 0 saturated carbocycles. The molecule has 0 spiro atoms. The summed E-state index contributed by atoms with van der Waals surface area (Å²) in [5.74, 6) is 0.723. The highest BCUT2D eigenvalue weighted by Crippen LogP contribution is 2.25. The van der Waals surface area contributed by atoms with E-state index in [9.17, 15) is 0 Å². The van der Waals surface area contributed by atoms with E-state index in [-0.39, 0.29) is 0 Å². The summed E-state index contributed by atoms with van der Waals surface area (Å²) in [6.07, 6.45) is 1.25. The van der Waals surface area contributed by atoms with Crippen LogP contribution in [0.1, 0.15) is 41.0 Å². The Kier molecular flexibility index (Phi) is 3.96. The van der Waals surface area contributed by atoms with Gasteiger partial charge in [0.15, 0.2) is 0 Å². The van der Waals surface area contributed by atoms with Gasteiger partial charge in [0.25, 0.3) is 0 Å². The summed E-state index contributed by atoms with van der Waals surface area (Å²) in [7, 11) is 0. The summed E-state index contributed by atoms with van der Waals surface area (Å²) in [6, 6.07) is 1.29. The van der Waals surface area contributed by atoms with Gasteiger partial charge in [-0.15, -0.1) is 0 Å². The van der Waals surface area contributed by atoms with Gasteiger partial charge in [-0.3, -0.25) is 0 Å². The van der Waals surface area contributed by atoms with Gasteiger partial charge in [-0.25, -0.2) is 0 Å². The molecule has 0 radical (unpaired) electrons. The summed E-state index contributed by atoms with van der Waals surface area (Å²) in [6.45, 7) is 13.9. The van der Waals surface area contributed by atoms with Crippen molar-refractivity contribution in [2.75, 3.05) is 13.1 Å². The second-order valence-corrected chi connectivity index (χ2v) is 5.71. The fourth-order valence-corrected chi connectivity index (χ4v) is 1.99. The molecule has 84 valence electrons. The molecular formula is C12H26N2. The minimum absolute atomic E-state index is 0.390. The molecule has 2 nitrogen and oxygen atoms in total. The maximum atomic E-state index is 3.77. The van der Waals surface area contributed by atoms with Crippen molar-refractivity contribution in [2.24, 2.45) is 11.3 Å². The zero-order valence-electron chi connectivity index (χ0n) is 10.4. The van der Waals surface area contributed by atoms with Crippen LogP contribution < -0.4 is 10.6 Å². The van der Waals surface area contributed by atoms with Gasteiger partial charge in [-0.2, -0.15) is 0 Å². The summed E-state index contributed by atoms with van der Waals surface area (Å²) in [5, 5.41) is 7.24. The Morgan fingerprint density at radius 3 is 2.43 bits per heavy atom. The predicted molar refractivity (Wildman–Crippen MR) is 62.5 cm³/mol. The molecule has 2 N–H and O–H groups in total. The zero-order chi connectivity index (χ0) is 10.8. The lowest BCUT2D eigenvalue weighted by molar-refractivity contribution is 0.164. The van der Waals surface area contributed by atoms with Gasteiger partial charge in [0.1, 0.15) is 0 Å². The van der Waals surface area contributed by atoms with Crippen molar-refractivity contribution in [1.29, 1.82) is 0 Å². The highest BCUT2D eigenvalue weighted by Gasteiger charge is 2.32. The molecule has 1 saturated heterocycles. The summed E-state index contributed by atoms with van der Waals surface area (Å²) >= 11 is 0. The average molecular weight is 198 g/mol. The van der Waals surface area contributed by atoms with E-state index in [0.717, 1.165) is 19.0 Å². The van der Waals surface area contributed by atoms with Crippen LogP contribution in [0.25, 0.3) is 0 Å². The lowest BCUT2D eigenvalue weighted by Gasteiger charge is -2.41. The molecule has 0 bridgehead atoms. The van der Waals surface area contributed by atoms with Gasteiger partial charge >= 0.3 is 0 Å². The van der Waals surface area contributed by atoms with E-state index in [2.05, 4.69) is 45.3 Å². The Morgan fingerprint density at radius 2 is 1.93 bits per heavy atom. The van der Waals surface area contributed by atoms with Gasteiger partial charge in [0.2, 0.25) is 0 Å². The number of hydrogen-bond acceptors (Lipinski definition) is 2. The molecule has 0 aromatic heterocycles. The van der Waals surface area contributed by atoms with Crippen molar-refractivity contribution in [3.8, 4) is 0 Å². The summed E-state index contributed by atoms with van der Waals surface area (Å²) < 4.78 is 0. The van der Waals surface area contributed by atoms with Crippen molar-refractivity contribution in [1.82, 2.24) is 10.6 Å². The SMILES string of the molecule is CC(C)C(C)NC1CCNCC1(C)C. The topological polar surface area (TPSA) is 24.1 Å². The highest BCUT2D eigenvalue weighted by atomic mass is 15.0. The van der Waals surface area contributed by atoms with E-state index in [1.807, 2.05) is 0 Å². The second kappa shape index (κ2) is 4.63. The lowest BCUT2D eigenvalue weighted by Crippen LogP contribution is -2.55. The van der Waals surface area contributed by atoms with Crippen molar-refractivity contribution in [3.63, 3.8) is 0 Å². The largest absolute Gasteiger partial charge is 0.316 e. The van der Waals surface area contributed by atoms with E-state index < -0.39 is 0 Å². The Hall–Kier alpha value is -0.0800. The number of hydrogen-bond donors (Lipinski definition) is 2. The minimum atomic E-state index is 0.390. The van der Waals surface area contributed by atoms with Gasteiger partial charge in [-0.05, 0) is 31.2 Å². The fourth-order valence-electron chi connectivity index (χ4n) is 1.99. The molecule has 1 aliphatic heterocycles. The van der Waals surface area contributed by atoms with Crippen LogP contribution in [0.15, 0.2) is 0 Å². The quantitative estimate of drug-likeness (QED) is 0.725. The van der Waals surface area contributed by atoms with Gasteiger partial charge in [-0.1, -0.05) is 27.7 Å². The fraction of sp³-hybridized carbons (Fsp3) is 1.00. The maximum absolute atomic E-state index is 3.77. The van der Waals surface area contributed by atoms with Crippen LogP contribution in [0.5, 0.6) is 0 Å². The number of piperidine rings is 1. The second-order valence-electron chi connectivity index (χ2n) is 5.71. The monoisotopic (exact) mass is 198 g/mol. The molecule has 14 heavy (non-hydrogen) atoms. The number of rotatable bonds is 3. The molecule has 0 aromatic carbocycles. The molecule has 1 rings (SSSR count). The first kappa shape index (κ1) is 12.0. The molecule has 1 heterocycles. The lowest BCUT2D eigenvalue weighted by atomic mass is 9.79. The van der Waals surface area contributed by atoms with Crippen LogP contribution in [0.4, 0.5) is 0 Å². The van der Waals surface area contributed by atoms with E-state index in [1.54, 1.807) is 0 Å². The summed E-state index contributed by atoms with van der Waals surface area (Å²) in [4.78, 5) is 0. The van der Waals surface area contributed by atoms with Gasteiger partial charge in [0.05, 0.1) is 0 Å². The van der Waals surface area contributed by atoms with Gasteiger partial charge in [0, 0.05) is 18.6 Å². The first-order valence-corrected chi connectivity index (χ1v) is 5.90. The smallest absolute Gasteiger partial charge is 0.0145 e. The van der Waals surface area contributed by atoms with Crippen LogP contribution in [0.2, 0.25) is 0 Å². The zero-order valence-corrected chi connectivity index (χ0v) is 10.4. The Labute approximate surface area is 88.8 Å². The standard InChI is InChI=1S/C12H26N2/c1-9(2)10(3)14-11-6-7-13-8-12(11,4)5/h9-11,13-14H,6-8H2,1-5H3. The van der Waals surface area contributed by atoms with Crippen molar-refractivity contribution >= 4 is 0 Å². The molecule has 1 fully saturated rings. The number of nitrogens with one attached hydrogen (secondary N) is 2. The average Bonchev–Trinajstić information content (AvgIpc) is 2.08. The molecule has 0 aliphatic carbocycles. The van der Waals surface area contributed by atoms with Crippen LogP contribution in [0, 0.1) is 11.3 Å². The third kappa shape index (κ3) is 2.96. The molecular weight excluding hydrogens is 172 g/mol. The molecule has 2 heteroatoms. The van der Waals surface area contributed by atoms with Crippen molar-refractivity contribution in [3.05, 3.63) is 0 Å². The van der Waals surface area contributed by atoms with Gasteiger partial charge < -0.3 is 10.6 Å². The van der Waals surface area contributed by atoms with Crippen LogP contribution in [-0.2, 0) is 0 Å². The third-order valence-electron chi connectivity index (χ3n) is 3.60. The van der Waals surface area contributed by atoms with Crippen molar-refractivity contribution < 1.29 is 0 Å². The molecule has 1 aliphatic rings. The predicted octanol–water partition coefficient (Wildman–Crippen LogP) is 2.01.